The average Bonchev–Trinajstić information content (AvgIpc) is 0. The van der Waals surface area contributed by atoms with Crippen LogP contribution in [0.3, 0.4) is 0 Å². The van der Waals surface area contributed by atoms with Crippen molar-refractivity contribution >= 4 is 48.9 Å². The SMILES string of the molecule is [BaH2].[O].[Pt].[W].[Y]. The second kappa shape index (κ2) is 24.5. The first kappa shape index (κ1) is 35.9. The molecule has 0 saturated carbocycles. The van der Waals surface area contributed by atoms with Gasteiger partial charge >= 0.3 is 48.9 Å². The monoisotopic (exact) mass is 624 g/mol. The Labute approximate surface area is 126 Å². The van der Waals surface area contributed by atoms with Gasteiger partial charge in [-0.25, -0.2) is 0 Å². The summed E-state index contributed by atoms with van der Waals surface area (Å²) < 4.78 is 0. The van der Waals surface area contributed by atoms with Crippen LogP contribution in [-0.4, -0.2) is 48.9 Å². The minimum atomic E-state index is 0. The molecule has 0 saturated heterocycles. The maximum absolute atomic E-state index is 0. The summed E-state index contributed by atoms with van der Waals surface area (Å²) in [5, 5.41) is 0. The predicted molar refractivity (Wildman–Crippen MR) is 9.23 cm³/mol. The van der Waals surface area contributed by atoms with Crippen molar-refractivity contribution in [3.63, 3.8) is 0 Å². The van der Waals surface area contributed by atoms with Gasteiger partial charge in [-0.05, 0) is 0 Å². The summed E-state index contributed by atoms with van der Waals surface area (Å²) in [6, 6.07) is 0. The molecule has 0 fully saturated rings. The average molecular weight is 623 g/mol. The maximum atomic E-state index is 0. The summed E-state index contributed by atoms with van der Waals surface area (Å²) in [7, 11) is 0. The largest absolute Gasteiger partial charge is 0 e. The smallest absolute Gasteiger partial charge is 0 e. The van der Waals surface area contributed by atoms with Crippen molar-refractivity contribution in [2.24, 2.45) is 0 Å². The standard InChI is InChI=1S/Ba.O.Pt.W.Y.2H. The van der Waals surface area contributed by atoms with Crippen LogP contribution in [0.25, 0.3) is 0 Å². The molecule has 1 nitrogen and oxygen atoms in total. The molecule has 0 aliphatic carbocycles. The second-order valence-corrected chi connectivity index (χ2v) is 0. The van der Waals surface area contributed by atoms with Gasteiger partial charge in [-0.1, -0.05) is 0 Å². The van der Waals surface area contributed by atoms with Gasteiger partial charge < -0.3 is 0 Å². The van der Waals surface area contributed by atoms with Crippen molar-refractivity contribution in [3.8, 4) is 0 Å². The maximum Gasteiger partial charge on any atom is 0 e. The van der Waals surface area contributed by atoms with E-state index >= 15 is 0 Å². The zero-order valence-electron chi connectivity index (χ0n) is 1.71. The summed E-state index contributed by atoms with van der Waals surface area (Å²) in [6.07, 6.45) is 0. The number of hydrogen-bond acceptors (Lipinski definition) is 0. The van der Waals surface area contributed by atoms with E-state index in [1.54, 1.807) is 0 Å². The molecule has 5 heavy (non-hydrogen) atoms. The van der Waals surface area contributed by atoms with Crippen molar-refractivity contribution < 1.29 is 80.3 Å². The third-order valence-electron chi connectivity index (χ3n) is 0. The van der Waals surface area contributed by atoms with E-state index in [-0.39, 0.29) is 129 Å². The topological polar surface area (TPSA) is 28.5 Å². The molecule has 0 aliphatic rings. The fourth-order valence-corrected chi connectivity index (χ4v) is 0. The molecule has 0 aliphatic heterocycles. The molecular weight excluding hydrogens is 621 g/mol. The Hall–Kier alpha value is 4.01. The van der Waals surface area contributed by atoms with Crippen molar-refractivity contribution in [1.29, 1.82) is 0 Å². The van der Waals surface area contributed by atoms with Gasteiger partial charge in [0.15, 0.2) is 0 Å². The predicted octanol–water partition coefficient (Wildman–Crippen LogP) is -1.04. The minimum Gasteiger partial charge on any atom is 0 e. The molecule has 0 bridgehead atoms. The van der Waals surface area contributed by atoms with E-state index in [1.807, 2.05) is 0 Å². The van der Waals surface area contributed by atoms with Crippen LogP contribution >= 0.6 is 0 Å². The van der Waals surface area contributed by atoms with Crippen molar-refractivity contribution in [3.05, 3.63) is 0 Å². The van der Waals surface area contributed by atoms with Gasteiger partial charge in [0, 0.05) is 80.3 Å². The van der Waals surface area contributed by atoms with E-state index in [2.05, 4.69) is 0 Å². The molecule has 0 amide bonds. The van der Waals surface area contributed by atoms with Crippen molar-refractivity contribution in [2.45, 2.75) is 0 Å². The molecule has 0 N–H and O–H groups in total. The molecule has 3 radical (unpaired) electrons. The molecule has 0 heterocycles. The van der Waals surface area contributed by atoms with Gasteiger partial charge in [0.25, 0.3) is 0 Å². The molecule has 0 rings (SSSR count). The Morgan fingerprint density at radius 2 is 1.00 bits per heavy atom. The minimum absolute atomic E-state index is 0. The van der Waals surface area contributed by atoms with Gasteiger partial charge in [-0.15, -0.1) is 0 Å². The molecule has 0 aromatic heterocycles. The van der Waals surface area contributed by atoms with Crippen molar-refractivity contribution in [1.82, 2.24) is 0 Å². The van der Waals surface area contributed by atoms with Gasteiger partial charge in [0.1, 0.15) is 0 Å². The van der Waals surface area contributed by atoms with Crippen LogP contribution in [0.1, 0.15) is 0 Å². The zero-order valence-corrected chi connectivity index (χ0v) is 9.75. The third kappa shape index (κ3) is 18.0. The molecule has 0 aromatic rings. The molecule has 0 atom stereocenters. The van der Waals surface area contributed by atoms with E-state index in [0.29, 0.717) is 0 Å². The summed E-state index contributed by atoms with van der Waals surface area (Å²) >= 11 is 0. The van der Waals surface area contributed by atoms with Crippen LogP contribution in [0.2, 0.25) is 0 Å². The third-order valence-corrected chi connectivity index (χ3v) is 0. The number of hydrogen-bond donors (Lipinski definition) is 0. The first-order chi connectivity index (χ1) is 0. The first-order valence-electron chi connectivity index (χ1n) is 0. The zero-order chi connectivity index (χ0) is 0. The normalized spacial score (nSPS) is 0. The fourth-order valence-electron chi connectivity index (χ4n) is 0. The summed E-state index contributed by atoms with van der Waals surface area (Å²) in [6.45, 7) is 0. The van der Waals surface area contributed by atoms with Gasteiger partial charge in [0.05, 0.1) is 0 Å². The van der Waals surface area contributed by atoms with E-state index in [0.717, 1.165) is 0 Å². The first-order valence-corrected chi connectivity index (χ1v) is 0. The molecule has 29 valence electrons. The van der Waals surface area contributed by atoms with Gasteiger partial charge in [-0.2, -0.15) is 0 Å². The molecular formula is H2BaOPtWY. The molecule has 0 unspecified atom stereocenters. The Bertz CT molecular complexity index is 11.6. The van der Waals surface area contributed by atoms with Crippen LogP contribution in [0.15, 0.2) is 0 Å². The number of rotatable bonds is 0. The van der Waals surface area contributed by atoms with Crippen LogP contribution in [0, 0.1) is 0 Å². The molecule has 0 spiro atoms. The quantitative estimate of drug-likeness (QED) is 0.309. The van der Waals surface area contributed by atoms with E-state index in [4.69, 9.17) is 0 Å². The van der Waals surface area contributed by atoms with Crippen LogP contribution in [-0.2, 0) is 80.3 Å². The van der Waals surface area contributed by atoms with E-state index < -0.39 is 0 Å². The molecule has 5 heteroatoms. The second-order valence-electron chi connectivity index (χ2n) is 0. The fraction of sp³-hybridized carbons (Fsp3) is 0. The van der Waals surface area contributed by atoms with Gasteiger partial charge in [0.2, 0.25) is 0 Å². The van der Waals surface area contributed by atoms with Gasteiger partial charge in [-0.3, -0.25) is 0 Å². The van der Waals surface area contributed by atoms with Crippen LogP contribution in [0.5, 0.6) is 0 Å². The Morgan fingerprint density at radius 1 is 1.00 bits per heavy atom. The van der Waals surface area contributed by atoms with Crippen molar-refractivity contribution in [2.75, 3.05) is 0 Å². The van der Waals surface area contributed by atoms with Crippen LogP contribution in [0.4, 0.5) is 0 Å². The van der Waals surface area contributed by atoms with E-state index in [9.17, 15) is 0 Å². The summed E-state index contributed by atoms with van der Waals surface area (Å²) in [5.41, 5.74) is 0. The molecule has 0 aromatic carbocycles. The summed E-state index contributed by atoms with van der Waals surface area (Å²) in [5.74, 6) is 0. The Kier molecular flexibility index (Phi) is 176. The van der Waals surface area contributed by atoms with E-state index in [1.165, 1.54) is 0 Å². The summed E-state index contributed by atoms with van der Waals surface area (Å²) in [4.78, 5) is 0. The Balaban J connectivity index is 0. The Morgan fingerprint density at radius 3 is 1.00 bits per heavy atom. The van der Waals surface area contributed by atoms with Crippen LogP contribution < -0.4 is 0 Å².